The Morgan fingerprint density at radius 2 is 1.52 bits per heavy atom. The second kappa shape index (κ2) is 6.59. The minimum Gasteiger partial charge on any atom is -0.301 e. The van der Waals surface area contributed by atoms with Gasteiger partial charge in [-0.1, -0.05) is 72.4 Å². The van der Waals surface area contributed by atoms with E-state index in [1.54, 1.807) is 11.8 Å². The highest BCUT2D eigenvalue weighted by Gasteiger charge is 2.30. The molecule has 0 saturated heterocycles. The van der Waals surface area contributed by atoms with Crippen molar-refractivity contribution in [3.8, 4) is 0 Å². The van der Waals surface area contributed by atoms with Gasteiger partial charge in [0.1, 0.15) is 5.82 Å². The molecule has 0 aliphatic heterocycles. The fourth-order valence-corrected chi connectivity index (χ4v) is 3.59. The predicted molar refractivity (Wildman–Crippen MR) is 93.5 cm³/mol. The van der Waals surface area contributed by atoms with Crippen LogP contribution in [-0.4, -0.2) is 14.8 Å². The van der Waals surface area contributed by atoms with Gasteiger partial charge >= 0.3 is 0 Å². The van der Waals surface area contributed by atoms with Crippen molar-refractivity contribution >= 4 is 11.8 Å². The smallest absolute Gasteiger partial charge is 0.191 e. The van der Waals surface area contributed by atoms with Crippen LogP contribution in [0.5, 0.6) is 0 Å². The molecule has 1 saturated carbocycles. The van der Waals surface area contributed by atoms with Crippen LogP contribution in [0.15, 0.2) is 65.8 Å². The maximum absolute atomic E-state index is 4.48. The summed E-state index contributed by atoms with van der Waals surface area (Å²) in [7, 11) is 0. The van der Waals surface area contributed by atoms with Crippen molar-refractivity contribution in [1.82, 2.24) is 14.8 Å². The molecular weight excluding hydrogens is 302 g/mol. The van der Waals surface area contributed by atoms with Crippen LogP contribution in [0.1, 0.15) is 35.7 Å². The average molecular weight is 321 g/mol. The maximum atomic E-state index is 4.48. The van der Waals surface area contributed by atoms with Crippen LogP contribution in [-0.2, 0) is 12.3 Å². The molecule has 2 aromatic carbocycles. The molecule has 0 spiro atoms. The van der Waals surface area contributed by atoms with Crippen LogP contribution in [0, 0.1) is 0 Å². The predicted octanol–water partition coefficient (Wildman–Crippen LogP) is 4.50. The van der Waals surface area contributed by atoms with Gasteiger partial charge in [-0.15, -0.1) is 10.2 Å². The molecule has 4 heteroatoms. The quantitative estimate of drug-likeness (QED) is 0.626. The van der Waals surface area contributed by atoms with Crippen LogP contribution < -0.4 is 0 Å². The lowest BCUT2D eigenvalue weighted by molar-refractivity contribution is 0.667. The van der Waals surface area contributed by atoms with Crippen molar-refractivity contribution in [1.29, 1.82) is 0 Å². The second-order valence-corrected chi connectivity index (χ2v) is 6.90. The minimum atomic E-state index is 0.609. The summed E-state index contributed by atoms with van der Waals surface area (Å²) in [6.45, 7) is 0.858. The highest BCUT2D eigenvalue weighted by Crippen LogP contribution is 2.40. The average Bonchev–Trinajstić information content (AvgIpc) is 3.37. The molecule has 1 heterocycles. The zero-order chi connectivity index (χ0) is 15.5. The van der Waals surface area contributed by atoms with Crippen molar-refractivity contribution in [2.75, 3.05) is 0 Å². The zero-order valence-electron chi connectivity index (χ0n) is 12.9. The number of aromatic nitrogens is 3. The van der Waals surface area contributed by atoms with Gasteiger partial charge in [-0.25, -0.2) is 0 Å². The van der Waals surface area contributed by atoms with Crippen molar-refractivity contribution in [2.24, 2.45) is 0 Å². The molecule has 3 nitrogen and oxygen atoms in total. The molecule has 0 bridgehead atoms. The molecule has 4 rings (SSSR count). The first-order chi connectivity index (χ1) is 11.4. The van der Waals surface area contributed by atoms with Gasteiger partial charge in [0, 0.05) is 11.7 Å². The molecule has 0 atom stereocenters. The third-order valence-corrected chi connectivity index (χ3v) is 5.12. The van der Waals surface area contributed by atoms with E-state index in [4.69, 9.17) is 0 Å². The molecule has 0 unspecified atom stereocenters. The third-order valence-electron chi connectivity index (χ3n) is 4.08. The van der Waals surface area contributed by atoms with Crippen LogP contribution in [0.3, 0.4) is 0 Å². The van der Waals surface area contributed by atoms with E-state index in [0.717, 1.165) is 23.3 Å². The minimum absolute atomic E-state index is 0.609. The molecule has 0 radical (unpaired) electrons. The van der Waals surface area contributed by atoms with E-state index >= 15 is 0 Å². The number of benzene rings is 2. The van der Waals surface area contributed by atoms with Gasteiger partial charge < -0.3 is 4.57 Å². The van der Waals surface area contributed by atoms with Gasteiger partial charge in [-0.2, -0.15) is 0 Å². The van der Waals surface area contributed by atoms with Crippen LogP contribution in [0.2, 0.25) is 0 Å². The Kier molecular flexibility index (Phi) is 4.16. The Hall–Kier alpha value is -2.07. The van der Waals surface area contributed by atoms with Crippen molar-refractivity contribution in [3.63, 3.8) is 0 Å². The molecule has 1 aliphatic carbocycles. The van der Waals surface area contributed by atoms with E-state index < -0.39 is 0 Å². The number of nitrogens with zero attached hydrogens (tertiary/aromatic N) is 3. The Bertz CT molecular complexity index is 764. The SMILES string of the molecule is c1ccc(CSc2nnc(C3CC3)n2Cc2ccccc2)cc1. The van der Waals surface area contributed by atoms with E-state index in [0.29, 0.717) is 5.92 Å². The fourth-order valence-electron chi connectivity index (χ4n) is 2.69. The normalized spacial score (nSPS) is 14.1. The molecule has 0 N–H and O–H groups in total. The van der Waals surface area contributed by atoms with E-state index in [1.807, 2.05) is 0 Å². The van der Waals surface area contributed by atoms with E-state index in [1.165, 1.54) is 24.0 Å². The Morgan fingerprint density at radius 1 is 0.870 bits per heavy atom. The summed E-state index contributed by atoms with van der Waals surface area (Å²) in [4.78, 5) is 0. The first-order valence-electron chi connectivity index (χ1n) is 8.04. The molecule has 3 aromatic rings. The first kappa shape index (κ1) is 14.5. The summed E-state index contributed by atoms with van der Waals surface area (Å²) in [5.41, 5.74) is 2.62. The summed E-state index contributed by atoms with van der Waals surface area (Å²) in [6.07, 6.45) is 2.49. The van der Waals surface area contributed by atoms with Crippen molar-refractivity contribution in [3.05, 3.63) is 77.6 Å². The second-order valence-electron chi connectivity index (χ2n) is 5.96. The maximum Gasteiger partial charge on any atom is 0.191 e. The fraction of sp³-hybridized carbons (Fsp3) is 0.263. The summed E-state index contributed by atoms with van der Waals surface area (Å²) in [5.74, 6) is 2.69. The summed E-state index contributed by atoms with van der Waals surface area (Å²) < 4.78 is 2.31. The lowest BCUT2D eigenvalue weighted by Gasteiger charge is -2.10. The Morgan fingerprint density at radius 3 is 2.17 bits per heavy atom. The lowest BCUT2D eigenvalue weighted by atomic mass is 10.2. The highest BCUT2D eigenvalue weighted by atomic mass is 32.2. The number of hydrogen-bond acceptors (Lipinski definition) is 3. The van der Waals surface area contributed by atoms with Gasteiger partial charge in [0.2, 0.25) is 0 Å². The van der Waals surface area contributed by atoms with Crippen molar-refractivity contribution in [2.45, 2.75) is 36.2 Å². The van der Waals surface area contributed by atoms with Gasteiger partial charge in [0.05, 0.1) is 6.54 Å². The van der Waals surface area contributed by atoms with Crippen LogP contribution in [0.4, 0.5) is 0 Å². The zero-order valence-corrected chi connectivity index (χ0v) is 13.7. The first-order valence-corrected chi connectivity index (χ1v) is 9.02. The van der Waals surface area contributed by atoms with Gasteiger partial charge in [-0.05, 0) is 24.0 Å². The van der Waals surface area contributed by atoms with Crippen molar-refractivity contribution < 1.29 is 0 Å². The van der Waals surface area contributed by atoms with E-state index in [2.05, 4.69) is 75.4 Å². The summed E-state index contributed by atoms with van der Waals surface area (Å²) in [5, 5.41) is 9.97. The van der Waals surface area contributed by atoms with Crippen LogP contribution >= 0.6 is 11.8 Å². The van der Waals surface area contributed by atoms with Gasteiger partial charge in [0.15, 0.2) is 5.16 Å². The van der Waals surface area contributed by atoms with E-state index in [9.17, 15) is 0 Å². The lowest BCUT2D eigenvalue weighted by Crippen LogP contribution is -2.06. The number of rotatable bonds is 6. The number of thioether (sulfide) groups is 1. The third kappa shape index (κ3) is 3.48. The number of hydrogen-bond donors (Lipinski definition) is 0. The molecule has 23 heavy (non-hydrogen) atoms. The standard InChI is InChI=1S/C19H19N3S/c1-3-7-15(8-4-1)13-22-18(17-11-12-17)20-21-19(22)23-14-16-9-5-2-6-10-16/h1-10,17H,11-14H2. The highest BCUT2D eigenvalue weighted by molar-refractivity contribution is 7.98. The van der Waals surface area contributed by atoms with E-state index in [-0.39, 0.29) is 0 Å². The Labute approximate surface area is 140 Å². The molecule has 116 valence electrons. The molecule has 1 aliphatic rings. The topological polar surface area (TPSA) is 30.7 Å². The molecular formula is C19H19N3S. The molecule has 1 aromatic heterocycles. The monoisotopic (exact) mass is 321 g/mol. The Balaban J connectivity index is 1.56. The summed E-state index contributed by atoms with van der Waals surface area (Å²) >= 11 is 1.77. The molecule has 0 amide bonds. The largest absolute Gasteiger partial charge is 0.301 e. The van der Waals surface area contributed by atoms with Gasteiger partial charge in [-0.3, -0.25) is 0 Å². The molecule has 1 fully saturated rings. The van der Waals surface area contributed by atoms with Gasteiger partial charge in [0.25, 0.3) is 0 Å². The van der Waals surface area contributed by atoms with Crippen LogP contribution in [0.25, 0.3) is 0 Å². The summed E-state index contributed by atoms with van der Waals surface area (Å²) in [6, 6.07) is 21.1.